The van der Waals surface area contributed by atoms with E-state index in [-0.39, 0.29) is 17.7 Å². The van der Waals surface area contributed by atoms with Gasteiger partial charge in [-0.05, 0) is 43.5 Å². The first-order valence-electron chi connectivity index (χ1n) is 7.77. The van der Waals surface area contributed by atoms with Crippen molar-refractivity contribution in [1.82, 2.24) is 0 Å². The van der Waals surface area contributed by atoms with Gasteiger partial charge in [-0.25, -0.2) is 4.90 Å². The molecule has 0 aromatic heterocycles. The third-order valence-electron chi connectivity index (χ3n) is 4.59. The summed E-state index contributed by atoms with van der Waals surface area (Å²) in [7, 11) is 0. The summed E-state index contributed by atoms with van der Waals surface area (Å²) in [6.07, 6.45) is 2.73. The molecule has 0 bridgehead atoms. The van der Waals surface area contributed by atoms with Crippen molar-refractivity contribution in [2.24, 2.45) is 5.92 Å². The molecule has 1 atom stereocenters. The molecule has 1 aromatic carbocycles. The summed E-state index contributed by atoms with van der Waals surface area (Å²) in [6, 6.07) is 6.92. The number of hydrogen-bond acceptors (Lipinski definition) is 4. The molecular formula is C17H16ClNO2S2. The number of amides is 2. The quantitative estimate of drug-likeness (QED) is 0.739. The third-order valence-corrected chi connectivity index (χ3v) is 8.11. The Kier molecular flexibility index (Phi) is 4.20. The summed E-state index contributed by atoms with van der Waals surface area (Å²) < 4.78 is 0.419. The van der Waals surface area contributed by atoms with E-state index in [0.717, 1.165) is 41.9 Å². The molecule has 1 saturated heterocycles. The van der Waals surface area contributed by atoms with Crippen LogP contribution in [-0.4, -0.2) is 27.9 Å². The molecule has 1 aromatic rings. The molecule has 3 aliphatic rings. The van der Waals surface area contributed by atoms with E-state index in [0.29, 0.717) is 15.3 Å². The van der Waals surface area contributed by atoms with Crippen molar-refractivity contribution >= 4 is 52.6 Å². The fraction of sp³-hybridized carbons (Fsp3) is 0.412. The molecule has 0 radical (unpaired) electrons. The number of thioether (sulfide) groups is 2. The first kappa shape index (κ1) is 15.6. The van der Waals surface area contributed by atoms with Gasteiger partial charge in [-0.15, -0.1) is 23.5 Å². The Labute approximate surface area is 148 Å². The van der Waals surface area contributed by atoms with E-state index in [1.165, 1.54) is 4.90 Å². The number of imide groups is 1. The summed E-state index contributed by atoms with van der Waals surface area (Å²) in [4.78, 5) is 27.1. The largest absolute Gasteiger partial charge is 0.269 e. The van der Waals surface area contributed by atoms with Crippen LogP contribution < -0.4 is 4.90 Å². The van der Waals surface area contributed by atoms with Crippen LogP contribution in [0.25, 0.3) is 0 Å². The fourth-order valence-corrected chi connectivity index (χ4v) is 6.90. The summed E-state index contributed by atoms with van der Waals surface area (Å²) in [5.41, 5.74) is 2.14. The maximum atomic E-state index is 13.0. The zero-order valence-corrected chi connectivity index (χ0v) is 14.8. The molecule has 2 aliphatic heterocycles. The van der Waals surface area contributed by atoms with E-state index in [2.05, 4.69) is 0 Å². The van der Waals surface area contributed by atoms with Crippen LogP contribution in [0.2, 0.25) is 5.02 Å². The second kappa shape index (κ2) is 6.19. The third kappa shape index (κ3) is 2.63. The lowest BCUT2D eigenvalue weighted by Crippen LogP contribution is -2.32. The van der Waals surface area contributed by atoms with E-state index >= 15 is 0 Å². The van der Waals surface area contributed by atoms with E-state index in [1.54, 1.807) is 24.3 Å². The van der Waals surface area contributed by atoms with Crippen LogP contribution in [-0.2, 0) is 9.59 Å². The molecule has 6 heteroatoms. The van der Waals surface area contributed by atoms with Crippen LogP contribution in [0.4, 0.5) is 5.69 Å². The van der Waals surface area contributed by atoms with Gasteiger partial charge < -0.3 is 0 Å². The lowest BCUT2D eigenvalue weighted by molar-refractivity contribution is -0.120. The van der Waals surface area contributed by atoms with Crippen molar-refractivity contribution in [2.75, 3.05) is 16.4 Å². The number of carbonyl (C=O) groups is 2. The van der Waals surface area contributed by atoms with Gasteiger partial charge in [0.15, 0.2) is 0 Å². The molecule has 1 aliphatic carbocycles. The lowest BCUT2D eigenvalue weighted by Gasteiger charge is -2.26. The normalized spacial score (nSPS) is 25.4. The Morgan fingerprint density at radius 2 is 1.74 bits per heavy atom. The van der Waals surface area contributed by atoms with Gasteiger partial charge in [-0.2, -0.15) is 0 Å². The molecular weight excluding hydrogens is 350 g/mol. The van der Waals surface area contributed by atoms with E-state index < -0.39 is 0 Å². The molecule has 1 fully saturated rings. The van der Waals surface area contributed by atoms with Crippen LogP contribution in [0, 0.1) is 5.92 Å². The number of anilines is 1. The summed E-state index contributed by atoms with van der Waals surface area (Å²) >= 11 is 9.78. The highest BCUT2D eigenvalue weighted by Crippen LogP contribution is 2.48. The molecule has 23 heavy (non-hydrogen) atoms. The van der Waals surface area contributed by atoms with Gasteiger partial charge in [0.2, 0.25) is 0 Å². The molecule has 3 nitrogen and oxygen atoms in total. The highest BCUT2D eigenvalue weighted by molar-refractivity contribution is 8.20. The Balaban J connectivity index is 1.69. The minimum absolute atomic E-state index is 0.120. The maximum absolute atomic E-state index is 13.0. The fourth-order valence-electron chi connectivity index (χ4n) is 3.56. The van der Waals surface area contributed by atoms with Crippen molar-refractivity contribution in [3.8, 4) is 0 Å². The Morgan fingerprint density at radius 1 is 1.04 bits per heavy atom. The monoisotopic (exact) mass is 365 g/mol. The van der Waals surface area contributed by atoms with Crippen molar-refractivity contribution in [3.05, 3.63) is 40.4 Å². The molecule has 2 heterocycles. The Bertz CT molecular complexity index is 695. The molecule has 0 spiro atoms. The van der Waals surface area contributed by atoms with Gasteiger partial charge in [-0.1, -0.05) is 11.6 Å². The first-order chi connectivity index (χ1) is 11.2. The van der Waals surface area contributed by atoms with Crippen LogP contribution in [0.5, 0.6) is 0 Å². The number of rotatable bonds is 2. The van der Waals surface area contributed by atoms with Gasteiger partial charge >= 0.3 is 0 Å². The zero-order chi connectivity index (χ0) is 16.0. The Hall–Kier alpha value is -0.910. The van der Waals surface area contributed by atoms with Gasteiger partial charge in [0, 0.05) is 33.6 Å². The summed E-state index contributed by atoms with van der Waals surface area (Å²) in [5.74, 6) is 2.23. The van der Waals surface area contributed by atoms with Crippen molar-refractivity contribution in [3.63, 3.8) is 0 Å². The topological polar surface area (TPSA) is 37.4 Å². The molecule has 120 valence electrons. The highest BCUT2D eigenvalue weighted by Gasteiger charge is 2.46. The van der Waals surface area contributed by atoms with Crippen molar-refractivity contribution < 1.29 is 9.59 Å². The number of halogens is 1. The number of nitrogens with zero attached hydrogens (tertiary/aromatic N) is 1. The van der Waals surface area contributed by atoms with E-state index in [9.17, 15) is 9.59 Å². The van der Waals surface area contributed by atoms with Gasteiger partial charge in [0.25, 0.3) is 11.8 Å². The number of benzene rings is 1. The van der Waals surface area contributed by atoms with Crippen LogP contribution in [0.3, 0.4) is 0 Å². The van der Waals surface area contributed by atoms with Crippen LogP contribution in [0.15, 0.2) is 35.4 Å². The number of hydrogen-bond donors (Lipinski definition) is 0. The number of carbonyl (C=O) groups excluding carboxylic acids is 2. The molecule has 1 unspecified atom stereocenters. The molecule has 4 rings (SSSR count). The SMILES string of the molecule is O=C1C2=C(C(=O)N1c1ccc(Cl)cc1)C(C1SCCS1)CCC2. The van der Waals surface area contributed by atoms with Gasteiger partial charge in [0.1, 0.15) is 0 Å². The van der Waals surface area contributed by atoms with Gasteiger partial charge in [-0.3, -0.25) is 9.59 Å². The molecule has 2 amide bonds. The second-order valence-electron chi connectivity index (χ2n) is 5.92. The summed E-state index contributed by atoms with van der Waals surface area (Å²) in [5, 5.41) is 0.599. The molecule has 0 saturated carbocycles. The average molecular weight is 366 g/mol. The second-order valence-corrected chi connectivity index (χ2v) is 9.16. The van der Waals surface area contributed by atoms with E-state index in [1.807, 2.05) is 23.5 Å². The minimum atomic E-state index is -0.134. The van der Waals surface area contributed by atoms with Gasteiger partial charge in [0.05, 0.1) is 10.3 Å². The predicted molar refractivity (Wildman–Crippen MR) is 97.0 cm³/mol. The average Bonchev–Trinajstić information content (AvgIpc) is 3.17. The highest BCUT2D eigenvalue weighted by atomic mass is 35.5. The van der Waals surface area contributed by atoms with Crippen LogP contribution in [0.1, 0.15) is 19.3 Å². The maximum Gasteiger partial charge on any atom is 0.262 e. The smallest absolute Gasteiger partial charge is 0.262 e. The minimum Gasteiger partial charge on any atom is -0.269 e. The molecule has 0 N–H and O–H groups in total. The predicted octanol–water partition coefficient (Wildman–Crippen LogP) is 4.12. The lowest BCUT2D eigenvalue weighted by atomic mass is 9.85. The standard InChI is InChI=1S/C17H16ClNO2S2/c18-10-4-6-11(7-5-10)19-15(20)12-2-1-3-13(14(12)16(19)21)17-22-8-9-23-17/h4-7,13,17H,1-3,8-9H2. The summed E-state index contributed by atoms with van der Waals surface area (Å²) in [6.45, 7) is 0. The zero-order valence-electron chi connectivity index (χ0n) is 12.5. The first-order valence-corrected chi connectivity index (χ1v) is 10.2. The van der Waals surface area contributed by atoms with E-state index in [4.69, 9.17) is 11.6 Å². The van der Waals surface area contributed by atoms with Crippen molar-refractivity contribution in [2.45, 2.75) is 23.8 Å². The Morgan fingerprint density at radius 3 is 2.43 bits per heavy atom. The van der Waals surface area contributed by atoms with Crippen molar-refractivity contribution in [1.29, 1.82) is 0 Å². The van der Waals surface area contributed by atoms with Crippen LogP contribution >= 0.6 is 35.1 Å².